The predicted molar refractivity (Wildman–Crippen MR) is 143 cm³/mol. The van der Waals surface area contributed by atoms with E-state index in [9.17, 15) is 18.4 Å². The van der Waals surface area contributed by atoms with Gasteiger partial charge in [0.05, 0.1) is 25.1 Å². The van der Waals surface area contributed by atoms with Gasteiger partial charge in [-0.3, -0.25) is 14.0 Å². The average molecular weight is 555 g/mol. The Morgan fingerprint density at radius 3 is 2.50 bits per heavy atom. The lowest BCUT2D eigenvalue weighted by Crippen LogP contribution is -2.31. The van der Waals surface area contributed by atoms with Crippen molar-refractivity contribution in [2.45, 2.75) is 13.5 Å². The molecule has 2 aromatic heterocycles. The molecule has 0 saturated carbocycles. The van der Waals surface area contributed by atoms with Gasteiger partial charge in [-0.2, -0.15) is 8.78 Å². The zero-order valence-corrected chi connectivity index (χ0v) is 21.6. The molecule has 2 heterocycles. The van der Waals surface area contributed by atoms with Gasteiger partial charge in [0.15, 0.2) is 11.5 Å². The van der Waals surface area contributed by atoms with Gasteiger partial charge in [-0.1, -0.05) is 0 Å². The van der Waals surface area contributed by atoms with Crippen molar-refractivity contribution in [3.8, 4) is 17.0 Å². The first-order valence-electron chi connectivity index (χ1n) is 12.3. The highest BCUT2D eigenvalue weighted by Crippen LogP contribution is 2.27. The van der Waals surface area contributed by atoms with Crippen LogP contribution in [0.4, 0.5) is 20.3 Å². The molecule has 4 rings (SSSR count). The number of aliphatic hydroxyl groups excluding tert-OH is 1. The third-order valence-corrected chi connectivity index (χ3v) is 5.78. The molecule has 2 aromatic carbocycles. The van der Waals surface area contributed by atoms with E-state index in [2.05, 4.69) is 30.7 Å². The molecule has 0 aliphatic carbocycles. The Hall–Kier alpha value is -4.62. The van der Waals surface area contributed by atoms with Gasteiger partial charge < -0.3 is 30.5 Å². The van der Waals surface area contributed by atoms with Gasteiger partial charge in [0.2, 0.25) is 5.91 Å². The van der Waals surface area contributed by atoms with Crippen LogP contribution in [0, 0.1) is 6.92 Å². The molecule has 0 aliphatic rings. The summed E-state index contributed by atoms with van der Waals surface area (Å²) < 4.78 is 36.5. The number of aromatic nitrogens is 3. The highest BCUT2D eigenvalue weighted by Gasteiger charge is 2.13. The van der Waals surface area contributed by atoms with Crippen LogP contribution in [-0.2, 0) is 9.53 Å². The van der Waals surface area contributed by atoms with Crippen molar-refractivity contribution in [3.05, 3.63) is 72.2 Å². The second-order valence-electron chi connectivity index (χ2n) is 8.55. The molecule has 0 bridgehead atoms. The Balaban J connectivity index is 1.36. The van der Waals surface area contributed by atoms with Gasteiger partial charge >= 0.3 is 6.61 Å². The molecule has 0 unspecified atom stereocenters. The number of benzene rings is 2. The normalized spacial score (nSPS) is 11.0. The first kappa shape index (κ1) is 28.4. The van der Waals surface area contributed by atoms with Crippen LogP contribution in [0.15, 0.2) is 61.1 Å². The van der Waals surface area contributed by atoms with E-state index in [1.165, 1.54) is 12.1 Å². The first-order chi connectivity index (χ1) is 19.4. The number of rotatable bonds is 13. The summed E-state index contributed by atoms with van der Waals surface area (Å²) in [5.74, 6) is -0.154. The summed E-state index contributed by atoms with van der Waals surface area (Å²) in [4.78, 5) is 32.4. The zero-order chi connectivity index (χ0) is 28.5. The van der Waals surface area contributed by atoms with Crippen molar-refractivity contribution in [2.24, 2.45) is 0 Å². The van der Waals surface area contributed by atoms with E-state index in [0.29, 0.717) is 29.3 Å². The van der Waals surface area contributed by atoms with Crippen molar-refractivity contribution < 1.29 is 33.0 Å². The van der Waals surface area contributed by atoms with Crippen LogP contribution in [0.5, 0.6) is 5.75 Å². The maximum Gasteiger partial charge on any atom is 0.387 e. The topological polar surface area (TPSA) is 139 Å². The monoisotopic (exact) mass is 554 g/mol. The number of carbonyl (C=O) groups is 2. The second-order valence-corrected chi connectivity index (χ2v) is 8.55. The summed E-state index contributed by atoms with van der Waals surface area (Å²) in [7, 11) is 0. The predicted octanol–water partition coefficient (Wildman–Crippen LogP) is 2.90. The van der Waals surface area contributed by atoms with E-state index < -0.39 is 19.1 Å². The molecule has 0 saturated heterocycles. The average Bonchev–Trinajstić information content (AvgIpc) is 3.37. The molecular weight excluding hydrogens is 526 g/mol. The van der Waals surface area contributed by atoms with Gasteiger partial charge in [-0.05, 0) is 55.0 Å². The minimum absolute atomic E-state index is 0.0685. The lowest BCUT2D eigenvalue weighted by Gasteiger charge is -2.12. The maximum absolute atomic E-state index is 12.6. The number of hydrogen-bond acceptors (Lipinski definition) is 8. The van der Waals surface area contributed by atoms with Crippen molar-refractivity contribution in [2.75, 3.05) is 38.2 Å². The molecule has 40 heavy (non-hydrogen) atoms. The molecule has 2 amide bonds. The fourth-order valence-corrected chi connectivity index (χ4v) is 3.91. The first-order valence-corrected chi connectivity index (χ1v) is 12.3. The minimum atomic E-state index is -2.89. The minimum Gasteiger partial charge on any atom is -0.435 e. The SMILES string of the molecule is Cc1cc(Nc2nccn3c(-c4ccc(OC(F)F)cc4)cnc23)ccc1C(=O)NCCOCCNC(=O)CO. The molecule has 0 radical (unpaired) electrons. The number of aliphatic hydroxyl groups is 1. The van der Waals surface area contributed by atoms with Crippen molar-refractivity contribution >= 4 is 29.0 Å². The Kier molecular flexibility index (Phi) is 9.54. The molecule has 0 aliphatic heterocycles. The molecule has 4 aromatic rings. The maximum atomic E-state index is 12.6. The molecule has 210 valence electrons. The molecule has 4 N–H and O–H groups in total. The van der Waals surface area contributed by atoms with E-state index in [-0.39, 0.29) is 31.4 Å². The number of nitrogens with one attached hydrogen (secondary N) is 3. The van der Waals surface area contributed by atoms with Gasteiger partial charge in [0.1, 0.15) is 12.4 Å². The van der Waals surface area contributed by atoms with Crippen molar-refractivity contribution in [1.29, 1.82) is 0 Å². The fraction of sp³-hybridized carbons (Fsp3) is 0.259. The fourth-order valence-electron chi connectivity index (χ4n) is 3.91. The Morgan fingerprint density at radius 1 is 1.05 bits per heavy atom. The molecular formula is C27H28F2N6O5. The van der Waals surface area contributed by atoms with Crippen molar-refractivity contribution in [1.82, 2.24) is 25.0 Å². The molecule has 13 heteroatoms. The third kappa shape index (κ3) is 7.27. The standard InChI is InChI=1S/C27H28F2N6O5/c1-17-14-19(4-7-21(17)26(38)32-10-13-39-12-9-30-23(37)16-36)34-24-25-33-15-22(35(25)11-8-31-24)18-2-5-20(6-3-18)40-27(28)29/h2-8,11,14-15,27,36H,9-10,12-13,16H2,1H3,(H,30,37)(H,31,34)(H,32,38). The molecule has 11 nitrogen and oxygen atoms in total. The van der Waals surface area contributed by atoms with Gasteiger partial charge in [-0.25, -0.2) is 9.97 Å². The van der Waals surface area contributed by atoms with Crippen LogP contribution >= 0.6 is 0 Å². The number of imidazole rings is 1. The summed E-state index contributed by atoms with van der Waals surface area (Å²) >= 11 is 0. The Morgan fingerprint density at radius 2 is 1.80 bits per heavy atom. The van der Waals surface area contributed by atoms with E-state index in [0.717, 1.165) is 16.8 Å². The van der Waals surface area contributed by atoms with Crippen LogP contribution in [0.2, 0.25) is 0 Å². The number of amides is 2. The highest BCUT2D eigenvalue weighted by molar-refractivity contribution is 5.96. The van der Waals surface area contributed by atoms with Gasteiger partial charge in [-0.15, -0.1) is 0 Å². The number of ether oxygens (including phenoxy) is 2. The highest BCUT2D eigenvalue weighted by atomic mass is 19.3. The largest absolute Gasteiger partial charge is 0.435 e. The van der Waals surface area contributed by atoms with Gasteiger partial charge in [0.25, 0.3) is 5.91 Å². The molecule has 0 atom stereocenters. The number of halogens is 2. The zero-order valence-electron chi connectivity index (χ0n) is 21.6. The third-order valence-electron chi connectivity index (χ3n) is 5.78. The summed E-state index contributed by atoms with van der Waals surface area (Å²) in [6.07, 6.45) is 5.03. The quantitative estimate of drug-likeness (QED) is 0.185. The molecule has 0 fully saturated rings. The summed E-state index contributed by atoms with van der Waals surface area (Å²) in [5.41, 5.74) is 4.02. The lowest BCUT2D eigenvalue weighted by molar-refractivity contribution is -0.124. The van der Waals surface area contributed by atoms with Crippen LogP contribution in [0.25, 0.3) is 16.9 Å². The van der Waals surface area contributed by atoms with Crippen LogP contribution in [0.1, 0.15) is 15.9 Å². The van der Waals surface area contributed by atoms with Crippen LogP contribution in [-0.4, -0.2) is 70.8 Å². The summed E-state index contributed by atoms with van der Waals surface area (Å²) in [6, 6.07) is 11.6. The van der Waals surface area contributed by atoms with E-state index in [1.807, 2.05) is 17.4 Å². The number of anilines is 2. The van der Waals surface area contributed by atoms with E-state index in [4.69, 9.17) is 9.84 Å². The number of hydrogen-bond donors (Lipinski definition) is 4. The van der Waals surface area contributed by atoms with E-state index >= 15 is 0 Å². The number of carbonyl (C=O) groups excluding carboxylic acids is 2. The van der Waals surface area contributed by atoms with Gasteiger partial charge in [0, 0.05) is 42.3 Å². The van der Waals surface area contributed by atoms with Crippen LogP contribution in [0.3, 0.4) is 0 Å². The lowest BCUT2D eigenvalue weighted by atomic mass is 10.1. The second kappa shape index (κ2) is 13.4. The Bertz CT molecular complexity index is 1460. The molecule has 0 spiro atoms. The summed E-state index contributed by atoms with van der Waals surface area (Å²) in [6.45, 7) is -0.529. The number of alkyl halides is 2. The van der Waals surface area contributed by atoms with Crippen LogP contribution < -0.4 is 20.7 Å². The van der Waals surface area contributed by atoms with E-state index in [1.54, 1.807) is 42.9 Å². The number of fused-ring (bicyclic) bond motifs is 1. The smallest absolute Gasteiger partial charge is 0.387 e. The number of nitrogens with zero attached hydrogens (tertiary/aromatic N) is 3. The van der Waals surface area contributed by atoms with Crippen molar-refractivity contribution in [3.63, 3.8) is 0 Å². The Labute approximate surface area is 228 Å². The number of aryl methyl sites for hydroxylation is 1. The summed E-state index contributed by atoms with van der Waals surface area (Å²) in [5, 5.41) is 17.1.